The van der Waals surface area contributed by atoms with Crippen molar-refractivity contribution in [3.8, 4) is 0 Å². The van der Waals surface area contributed by atoms with Gasteiger partial charge in [-0.1, -0.05) is 60.7 Å². The van der Waals surface area contributed by atoms with E-state index in [1.54, 1.807) is 0 Å². The van der Waals surface area contributed by atoms with E-state index in [2.05, 4.69) is 20.3 Å². The van der Waals surface area contributed by atoms with E-state index in [0.29, 0.717) is 0 Å². The quantitative estimate of drug-likeness (QED) is 0.484. The molecule has 2 aromatic heterocycles. The fraction of sp³-hybridized carbons (Fsp3) is 0.143. The van der Waals surface area contributed by atoms with Crippen molar-refractivity contribution in [2.45, 2.75) is 19.5 Å². The van der Waals surface area contributed by atoms with Crippen LogP contribution >= 0.6 is 0 Å². The molecule has 29 heavy (non-hydrogen) atoms. The van der Waals surface area contributed by atoms with Crippen molar-refractivity contribution in [2.75, 3.05) is 0 Å². The zero-order valence-electron chi connectivity index (χ0n) is 15.7. The van der Waals surface area contributed by atoms with E-state index in [4.69, 9.17) is 0 Å². The second kappa shape index (κ2) is 7.59. The highest BCUT2D eigenvalue weighted by atomic mass is 16.2. The second-order valence-electron chi connectivity index (χ2n) is 6.67. The maximum Gasteiger partial charge on any atom is 0.329 e. The van der Waals surface area contributed by atoms with Crippen LogP contribution in [0.15, 0.2) is 70.3 Å². The molecule has 0 bridgehead atoms. The van der Waals surface area contributed by atoms with E-state index >= 15 is 0 Å². The zero-order valence-corrected chi connectivity index (χ0v) is 15.7. The molecule has 0 aliphatic heterocycles. The minimum Gasteiger partial charge on any atom is -0.346 e. The van der Waals surface area contributed by atoms with Gasteiger partial charge in [0, 0.05) is 6.54 Å². The molecule has 3 N–H and O–H groups in total. The molecule has 2 aromatic carbocycles. The van der Waals surface area contributed by atoms with Crippen molar-refractivity contribution >= 4 is 17.2 Å². The number of nitrogens with one attached hydrogen (secondary N) is 3. The highest BCUT2D eigenvalue weighted by Gasteiger charge is 2.20. The summed E-state index contributed by atoms with van der Waals surface area (Å²) in [7, 11) is 0. The maximum absolute atomic E-state index is 12.5. The van der Waals surface area contributed by atoms with Crippen molar-refractivity contribution in [1.82, 2.24) is 24.8 Å². The van der Waals surface area contributed by atoms with Crippen molar-refractivity contribution in [3.63, 3.8) is 0 Å². The SMILES string of the molecule is C[C@@H](c1ccccc1)n1c(=O)[nH]c2[nH]c(=O)c(C(=O)NCc3ccccc3)nc21. The molecule has 8 heteroatoms. The zero-order chi connectivity index (χ0) is 20.4. The lowest BCUT2D eigenvalue weighted by Crippen LogP contribution is -2.31. The first-order valence-electron chi connectivity index (χ1n) is 9.16. The molecule has 0 fully saturated rings. The maximum atomic E-state index is 12.5. The summed E-state index contributed by atoms with van der Waals surface area (Å²) in [4.78, 5) is 46.8. The van der Waals surface area contributed by atoms with E-state index in [-0.39, 0.29) is 29.6 Å². The summed E-state index contributed by atoms with van der Waals surface area (Å²) in [6.07, 6.45) is 0. The number of aromatic amines is 2. The van der Waals surface area contributed by atoms with Crippen molar-refractivity contribution in [1.29, 1.82) is 0 Å². The number of imidazole rings is 1. The van der Waals surface area contributed by atoms with E-state index in [1.807, 2.05) is 67.6 Å². The molecular formula is C21H19N5O3. The number of fused-ring (bicyclic) bond motifs is 1. The monoisotopic (exact) mass is 389 g/mol. The molecular weight excluding hydrogens is 370 g/mol. The Labute approximate surface area is 165 Å². The van der Waals surface area contributed by atoms with Crippen molar-refractivity contribution < 1.29 is 4.79 Å². The van der Waals surface area contributed by atoms with Gasteiger partial charge in [-0.05, 0) is 18.1 Å². The topological polar surface area (TPSA) is 113 Å². The number of hydrogen-bond donors (Lipinski definition) is 3. The average molecular weight is 389 g/mol. The van der Waals surface area contributed by atoms with Gasteiger partial charge in [-0.2, -0.15) is 0 Å². The molecule has 4 rings (SSSR count). The number of hydrogen-bond acceptors (Lipinski definition) is 4. The number of aromatic nitrogens is 4. The number of nitrogens with zero attached hydrogens (tertiary/aromatic N) is 2. The normalized spacial score (nSPS) is 12.0. The Morgan fingerprint density at radius 1 is 1.03 bits per heavy atom. The van der Waals surface area contributed by atoms with Gasteiger partial charge in [-0.3, -0.25) is 19.1 Å². The van der Waals surface area contributed by atoms with Crippen LogP contribution in [0, 0.1) is 0 Å². The first-order valence-corrected chi connectivity index (χ1v) is 9.16. The summed E-state index contributed by atoms with van der Waals surface area (Å²) in [6.45, 7) is 2.12. The predicted octanol–water partition coefficient (Wildman–Crippen LogP) is 1.95. The summed E-state index contributed by atoms with van der Waals surface area (Å²) in [5, 5.41) is 2.69. The standard InChI is InChI=1S/C21H19N5O3/c1-13(15-10-6-3-7-11-15)26-18-17(25-21(26)29)24-20(28)16(23-18)19(27)22-12-14-8-4-2-5-9-14/h2-11,13H,12H2,1H3,(H,22,27)(H2,24,25,28,29)/t13-/m0/s1. The van der Waals surface area contributed by atoms with Crippen LogP contribution in [-0.2, 0) is 6.54 Å². The van der Waals surface area contributed by atoms with Crippen LogP contribution in [-0.4, -0.2) is 25.4 Å². The molecule has 0 saturated carbocycles. The molecule has 1 amide bonds. The third-order valence-corrected chi connectivity index (χ3v) is 4.75. The molecule has 4 aromatic rings. The van der Waals surface area contributed by atoms with Crippen LogP contribution in [0.1, 0.15) is 34.6 Å². The molecule has 1 atom stereocenters. The Balaban J connectivity index is 1.71. The minimum atomic E-state index is -0.663. The van der Waals surface area contributed by atoms with Crippen LogP contribution in [0.2, 0.25) is 0 Å². The Morgan fingerprint density at radius 3 is 2.38 bits per heavy atom. The molecule has 146 valence electrons. The van der Waals surface area contributed by atoms with Gasteiger partial charge in [-0.25, -0.2) is 9.78 Å². The number of H-pyrrole nitrogens is 2. The number of benzene rings is 2. The minimum absolute atomic E-state index is 0.183. The summed E-state index contributed by atoms with van der Waals surface area (Å²) < 4.78 is 1.43. The van der Waals surface area contributed by atoms with E-state index < -0.39 is 17.2 Å². The molecule has 2 heterocycles. The molecule has 0 unspecified atom stereocenters. The first kappa shape index (κ1) is 18.4. The van der Waals surface area contributed by atoms with Gasteiger partial charge < -0.3 is 10.3 Å². The molecule has 0 saturated heterocycles. The van der Waals surface area contributed by atoms with Gasteiger partial charge >= 0.3 is 5.69 Å². The van der Waals surface area contributed by atoms with E-state index in [9.17, 15) is 14.4 Å². The first-order chi connectivity index (χ1) is 14.0. The Hall–Kier alpha value is -3.94. The second-order valence-corrected chi connectivity index (χ2v) is 6.67. The highest BCUT2D eigenvalue weighted by molar-refractivity contribution is 5.93. The molecule has 0 spiro atoms. The number of carbonyl (C=O) groups is 1. The average Bonchev–Trinajstić information content (AvgIpc) is 3.06. The van der Waals surface area contributed by atoms with Gasteiger partial charge in [0.15, 0.2) is 17.0 Å². The smallest absolute Gasteiger partial charge is 0.329 e. The summed E-state index contributed by atoms with van der Waals surface area (Å²) >= 11 is 0. The molecule has 0 aliphatic rings. The number of amides is 1. The van der Waals surface area contributed by atoms with Gasteiger partial charge in [0.1, 0.15) is 0 Å². The summed E-state index contributed by atoms with van der Waals surface area (Å²) in [5.74, 6) is -0.607. The van der Waals surface area contributed by atoms with Gasteiger partial charge in [0.05, 0.1) is 6.04 Å². The Morgan fingerprint density at radius 2 is 1.69 bits per heavy atom. The molecule has 0 radical (unpaired) electrons. The lowest BCUT2D eigenvalue weighted by atomic mass is 10.1. The number of rotatable bonds is 5. The van der Waals surface area contributed by atoms with Crippen molar-refractivity contribution in [3.05, 3.63) is 98.3 Å². The van der Waals surface area contributed by atoms with Crippen molar-refractivity contribution in [2.24, 2.45) is 0 Å². The van der Waals surface area contributed by atoms with Crippen LogP contribution in [0.3, 0.4) is 0 Å². The third kappa shape index (κ3) is 3.60. The Bertz CT molecular complexity index is 1270. The highest BCUT2D eigenvalue weighted by Crippen LogP contribution is 2.18. The molecule has 8 nitrogen and oxygen atoms in total. The lowest BCUT2D eigenvalue weighted by molar-refractivity contribution is 0.0944. The fourth-order valence-electron chi connectivity index (χ4n) is 3.22. The lowest BCUT2D eigenvalue weighted by Gasteiger charge is -2.13. The van der Waals surface area contributed by atoms with Crippen LogP contribution < -0.4 is 16.6 Å². The Kier molecular flexibility index (Phi) is 4.82. The van der Waals surface area contributed by atoms with Gasteiger partial charge in [0.25, 0.3) is 11.5 Å². The predicted molar refractivity (Wildman–Crippen MR) is 109 cm³/mol. The summed E-state index contributed by atoms with van der Waals surface area (Å²) in [5.41, 5.74) is 0.831. The largest absolute Gasteiger partial charge is 0.346 e. The van der Waals surface area contributed by atoms with E-state index in [0.717, 1.165) is 11.1 Å². The third-order valence-electron chi connectivity index (χ3n) is 4.75. The van der Waals surface area contributed by atoms with Crippen LogP contribution in [0.25, 0.3) is 11.3 Å². The molecule has 0 aliphatic carbocycles. The van der Waals surface area contributed by atoms with E-state index in [1.165, 1.54) is 4.57 Å². The van der Waals surface area contributed by atoms with Gasteiger partial charge in [-0.15, -0.1) is 0 Å². The number of carbonyl (C=O) groups excluding carboxylic acids is 1. The van der Waals surface area contributed by atoms with Gasteiger partial charge in [0.2, 0.25) is 0 Å². The summed E-state index contributed by atoms with van der Waals surface area (Å²) in [6, 6.07) is 18.4. The van der Waals surface area contributed by atoms with Crippen LogP contribution in [0.4, 0.5) is 0 Å². The fourth-order valence-corrected chi connectivity index (χ4v) is 3.22. The van der Waals surface area contributed by atoms with Crippen LogP contribution in [0.5, 0.6) is 0 Å².